The monoisotopic (exact) mass is 719 g/mol. The molecule has 0 fully saturated rings. The number of anilines is 2. The van der Waals surface area contributed by atoms with E-state index in [4.69, 9.17) is 17.2 Å². The number of amides is 4. The van der Waals surface area contributed by atoms with Crippen LogP contribution in [0.2, 0.25) is 0 Å². The largest absolute Gasteiger partial charge is 0.398 e. The summed E-state index contributed by atoms with van der Waals surface area (Å²) in [6.07, 6.45) is 0.426. The van der Waals surface area contributed by atoms with Gasteiger partial charge in [-0.2, -0.15) is 0 Å². The smallest absolute Gasteiger partial charge is 0.299 e. The van der Waals surface area contributed by atoms with Crippen LogP contribution < -0.4 is 43.8 Å². The molecule has 52 heavy (non-hydrogen) atoms. The molecule has 0 saturated carbocycles. The molecule has 3 aromatic carbocycles. The van der Waals surface area contributed by atoms with Gasteiger partial charge in [-0.05, 0) is 43.5 Å². The Morgan fingerprint density at radius 3 is 2.13 bits per heavy atom. The molecule has 0 aromatic heterocycles. The molecule has 0 heterocycles. The Morgan fingerprint density at radius 1 is 0.808 bits per heavy atom. The van der Waals surface area contributed by atoms with E-state index < -0.39 is 63.0 Å². The van der Waals surface area contributed by atoms with Crippen molar-refractivity contribution in [1.82, 2.24) is 21.3 Å². The highest BCUT2D eigenvalue weighted by Gasteiger charge is 2.29. The van der Waals surface area contributed by atoms with Gasteiger partial charge < -0.3 is 43.8 Å². The zero-order chi connectivity index (χ0) is 38.2. The van der Waals surface area contributed by atoms with E-state index in [1.165, 1.54) is 19.1 Å². The number of aliphatic imine (C=N–C) groups is 1. The molecule has 276 valence electrons. The highest BCUT2D eigenvalue weighted by atomic mass is 16.6. The summed E-state index contributed by atoms with van der Waals surface area (Å²) in [5.74, 6) is -2.71. The Kier molecular flexibility index (Phi) is 14.8. The third kappa shape index (κ3) is 12.3. The van der Waals surface area contributed by atoms with Gasteiger partial charge in [0, 0.05) is 37.8 Å². The van der Waals surface area contributed by atoms with E-state index >= 15 is 0 Å². The molecule has 3 atom stereocenters. The molecule has 3 rings (SSSR count). The zero-order valence-corrected chi connectivity index (χ0v) is 28.2. The topological polar surface area (TPSA) is 305 Å². The Balaban J connectivity index is 1.68. The lowest BCUT2D eigenvalue weighted by molar-refractivity contribution is -0.393. The predicted octanol–water partition coefficient (Wildman–Crippen LogP) is 0.698. The second kappa shape index (κ2) is 19.4. The fourth-order valence-corrected chi connectivity index (χ4v) is 4.89. The maximum atomic E-state index is 13.7. The molecule has 0 saturated heterocycles. The number of benzene rings is 3. The number of guanidine groups is 1. The molecule has 19 heteroatoms. The van der Waals surface area contributed by atoms with Crippen molar-refractivity contribution >= 4 is 52.3 Å². The molecule has 19 nitrogen and oxygen atoms in total. The van der Waals surface area contributed by atoms with Crippen LogP contribution in [0.1, 0.15) is 35.7 Å². The van der Waals surface area contributed by atoms with Gasteiger partial charge in [0.25, 0.3) is 17.3 Å². The summed E-state index contributed by atoms with van der Waals surface area (Å²) in [5.41, 5.74) is 17.0. The van der Waals surface area contributed by atoms with Crippen LogP contribution in [0, 0.1) is 20.2 Å². The molecule has 11 N–H and O–H groups in total. The van der Waals surface area contributed by atoms with Crippen molar-refractivity contribution in [2.75, 3.05) is 30.7 Å². The molecule has 3 unspecified atom stereocenters. The van der Waals surface area contributed by atoms with Crippen molar-refractivity contribution in [1.29, 1.82) is 0 Å². The normalized spacial score (nSPS) is 12.2. The summed E-state index contributed by atoms with van der Waals surface area (Å²) in [6, 6.07) is 15.0. The molecule has 0 spiro atoms. The van der Waals surface area contributed by atoms with Gasteiger partial charge in [-0.25, -0.2) is 0 Å². The van der Waals surface area contributed by atoms with Crippen LogP contribution in [0.15, 0.2) is 77.8 Å². The first-order chi connectivity index (χ1) is 24.8. The number of rotatable bonds is 19. The number of nitrogen functional groups attached to an aromatic ring is 1. The fraction of sp³-hybridized carbons (Fsp3) is 0.303. The minimum Gasteiger partial charge on any atom is -0.398 e. The number of nitrogens with zero attached hydrogens (tertiary/aromatic N) is 3. The summed E-state index contributed by atoms with van der Waals surface area (Å²) >= 11 is 0. The lowest BCUT2D eigenvalue weighted by Crippen LogP contribution is -2.56. The van der Waals surface area contributed by atoms with Crippen LogP contribution in [0.25, 0.3) is 0 Å². The molecule has 0 aliphatic rings. The number of hydrogen-bond acceptors (Lipinski definition) is 11. The van der Waals surface area contributed by atoms with Crippen LogP contribution in [-0.4, -0.2) is 77.2 Å². The number of carbonyl (C=O) groups is 4. The second-order valence-corrected chi connectivity index (χ2v) is 11.5. The quantitative estimate of drug-likeness (QED) is 0.0212. The molecule has 0 aliphatic carbocycles. The second-order valence-electron chi connectivity index (χ2n) is 11.5. The average molecular weight is 720 g/mol. The van der Waals surface area contributed by atoms with Crippen molar-refractivity contribution in [3.63, 3.8) is 0 Å². The van der Waals surface area contributed by atoms with E-state index in [1.807, 2.05) is 0 Å². The molecular weight excluding hydrogens is 678 g/mol. The van der Waals surface area contributed by atoms with E-state index in [0.717, 1.165) is 17.7 Å². The minimum absolute atomic E-state index is 0.0116. The first-order valence-corrected chi connectivity index (χ1v) is 16.1. The van der Waals surface area contributed by atoms with E-state index in [-0.39, 0.29) is 61.8 Å². The van der Waals surface area contributed by atoms with E-state index in [2.05, 4.69) is 31.6 Å². The van der Waals surface area contributed by atoms with Gasteiger partial charge in [0.2, 0.25) is 17.7 Å². The number of nitrogens with one attached hydrogen (secondary N) is 5. The zero-order valence-electron chi connectivity index (χ0n) is 28.2. The first-order valence-electron chi connectivity index (χ1n) is 16.1. The Morgan fingerprint density at radius 2 is 1.48 bits per heavy atom. The lowest BCUT2D eigenvalue weighted by atomic mass is 10.0. The SMILES string of the molecule is CC(NC(=O)C(CCCN=C(N)N)NC(=O)C(Cc1ccccc1)NC(=O)c1ccccc1N)C(=O)NCCNc1ccc([N+](=O)[O-])cc1[N+](=O)[O-]. The number of nitrogens with two attached hydrogens (primary N) is 3. The van der Waals surface area contributed by atoms with Crippen molar-refractivity contribution in [3.05, 3.63) is 104 Å². The molecule has 0 radical (unpaired) electrons. The van der Waals surface area contributed by atoms with Crippen molar-refractivity contribution in [3.8, 4) is 0 Å². The number of nitro benzene ring substituents is 2. The lowest BCUT2D eigenvalue weighted by Gasteiger charge is -2.24. The van der Waals surface area contributed by atoms with Crippen LogP contribution in [-0.2, 0) is 20.8 Å². The van der Waals surface area contributed by atoms with Crippen molar-refractivity contribution < 1.29 is 29.0 Å². The third-order valence-corrected chi connectivity index (χ3v) is 7.57. The van der Waals surface area contributed by atoms with Crippen molar-refractivity contribution in [2.45, 2.75) is 44.3 Å². The maximum Gasteiger partial charge on any atom is 0.299 e. The molecule has 3 aromatic rings. The third-order valence-electron chi connectivity index (χ3n) is 7.57. The van der Waals surface area contributed by atoms with E-state index in [9.17, 15) is 39.4 Å². The standard InChI is InChI=1S/C33H41N11O8/c1-20(29(45)38-17-16-37-25-14-13-22(43(49)50)19-28(25)44(51)52)40-31(47)26(12-7-15-39-33(35)36)41-32(48)27(18-21-8-3-2-4-9-21)42-30(46)23-10-5-6-11-24(23)34/h2-6,8-11,13-14,19-20,26-27,37H,7,12,15-18,34H2,1H3,(H,38,45)(H,40,47)(H,41,48)(H,42,46)(H4,35,36,39). The average Bonchev–Trinajstić information content (AvgIpc) is 3.11. The van der Waals surface area contributed by atoms with Gasteiger partial charge in [0.1, 0.15) is 23.8 Å². The van der Waals surface area contributed by atoms with Gasteiger partial charge in [-0.3, -0.25) is 44.4 Å². The van der Waals surface area contributed by atoms with Gasteiger partial charge in [-0.15, -0.1) is 0 Å². The van der Waals surface area contributed by atoms with Gasteiger partial charge in [0.05, 0.1) is 21.5 Å². The summed E-state index contributed by atoms with van der Waals surface area (Å²) < 4.78 is 0. The number of para-hydroxylation sites is 1. The summed E-state index contributed by atoms with van der Waals surface area (Å²) in [6.45, 7) is 1.55. The van der Waals surface area contributed by atoms with Gasteiger partial charge in [0.15, 0.2) is 5.96 Å². The van der Waals surface area contributed by atoms with E-state index in [0.29, 0.717) is 0 Å². The minimum atomic E-state index is -1.17. The fourth-order valence-electron chi connectivity index (χ4n) is 4.89. The number of carbonyl (C=O) groups excluding carboxylic acids is 4. The summed E-state index contributed by atoms with van der Waals surface area (Å²) in [5, 5.41) is 35.6. The molecule has 4 amide bonds. The Hall–Kier alpha value is -6.79. The van der Waals surface area contributed by atoms with Crippen LogP contribution >= 0.6 is 0 Å². The molecular formula is C33H41N11O8. The maximum absolute atomic E-state index is 13.7. The highest BCUT2D eigenvalue weighted by molar-refractivity contribution is 6.02. The summed E-state index contributed by atoms with van der Waals surface area (Å²) in [7, 11) is 0. The Bertz CT molecular complexity index is 1780. The molecule has 0 aliphatic heterocycles. The summed E-state index contributed by atoms with van der Waals surface area (Å²) in [4.78, 5) is 77.9. The van der Waals surface area contributed by atoms with E-state index in [1.54, 1.807) is 48.5 Å². The van der Waals surface area contributed by atoms with Gasteiger partial charge in [-0.1, -0.05) is 42.5 Å². The first kappa shape index (κ1) is 39.6. The van der Waals surface area contributed by atoms with Crippen molar-refractivity contribution in [2.24, 2.45) is 16.5 Å². The van der Waals surface area contributed by atoms with Crippen LogP contribution in [0.5, 0.6) is 0 Å². The number of hydrogen-bond donors (Lipinski definition) is 8. The predicted molar refractivity (Wildman–Crippen MR) is 193 cm³/mol. The van der Waals surface area contributed by atoms with Crippen LogP contribution in [0.3, 0.4) is 0 Å². The Labute approximate surface area is 298 Å². The number of non-ortho nitro benzene ring substituents is 1. The van der Waals surface area contributed by atoms with Crippen LogP contribution in [0.4, 0.5) is 22.7 Å². The highest BCUT2D eigenvalue weighted by Crippen LogP contribution is 2.28. The van der Waals surface area contributed by atoms with Gasteiger partial charge >= 0.3 is 0 Å². The number of nitro groups is 2. The molecule has 0 bridgehead atoms.